The van der Waals surface area contributed by atoms with Gasteiger partial charge in [-0.25, -0.2) is 9.50 Å². The highest BCUT2D eigenvalue weighted by Gasteiger charge is 2.34. The van der Waals surface area contributed by atoms with Crippen LogP contribution in [-0.2, 0) is 6.18 Å². The molecule has 2 aromatic heterocycles. The number of likely N-dealkylation sites (N-methyl/N-ethyl adjacent to an activating group) is 1. The van der Waals surface area contributed by atoms with Crippen LogP contribution in [0, 0.1) is 0 Å². The molecular formula is C12H14F3N5. The third-order valence-corrected chi connectivity index (χ3v) is 3.41. The Bertz CT molecular complexity index is 621. The number of likely N-dealkylation sites (tertiary alicyclic amines) is 1. The van der Waals surface area contributed by atoms with Crippen LogP contribution in [0.15, 0.2) is 18.5 Å². The zero-order valence-electron chi connectivity index (χ0n) is 10.9. The zero-order valence-corrected chi connectivity index (χ0v) is 10.9. The van der Waals surface area contributed by atoms with Crippen LogP contribution in [0.5, 0.6) is 0 Å². The van der Waals surface area contributed by atoms with Gasteiger partial charge in [0.15, 0.2) is 11.5 Å². The molecule has 1 saturated heterocycles. The summed E-state index contributed by atoms with van der Waals surface area (Å²) in [5.74, 6) is 0.441. The summed E-state index contributed by atoms with van der Waals surface area (Å²) in [4.78, 5) is 6.30. The minimum atomic E-state index is -4.45. The lowest BCUT2D eigenvalue weighted by molar-refractivity contribution is -0.141. The van der Waals surface area contributed by atoms with Gasteiger partial charge in [0.05, 0.1) is 0 Å². The normalized spacial score (nSPS) is 20.7. The second-order valence-electron chi connectivity index (χ2n) is 5.03. The Balaban J connectivity index is 1.93. The standard InChI is InChI=1S/C12H14F3N5/c1-19-4-2-8(7-19)17-11-9-6-10(12(13,14)15)18-20(9)5-3-16-11/h3,5-6,8H,2,4,7H2,1H3,(H,16,17). The van der Waals surface area contributed by atoms with Gasteiger partial charge in [-0.1, -0.05) is 0 Å². The van der Waals surface area contributed by atoms with E-state index in [2.05, 4.69) is 20.3 Å². The van der Waals surface area contributed by atoms with Gasteiger partial charge in [0.1, 0.15) is 5.52 Å². The van der Waals surface area contributed by atoms with Gasteiger partial charge in [-0.2, -0.15) is 18.3 Å². The van der Waals surface area contributed by atoms with E-state index in [1.165, 1.54) is 16.9 Å². The number of hydrogen-bond donors (Lipinski definition) is 1. The average Bonchev–Trinajstić information content (AvgIpc) is 2.95. The number of alkyl halides is 3. The first-order chi connectivity index (χ1) is 9.43. The minimum absolute atomic E-state index is 0.197. The maximum absolute atomic E-state index is 12.7. The number of anilines is 1. The number of hydrogen-bond acceptors (Lipinski definition) is 4. The first kappa shape index (κ1) is 13.2. The van der Waals surface area contributed by atoms with Crippen LogP contribution in [0.25, 0.3) is 5.52 Å². The lowest BCUT2D eigenvalue weighted by Crippen LogP contribution is -2.24. The molecule has 108 valence electrons. The topological polar surface area (TPSA) is 45.5 Å². The van der Waals surface area contributed by atoms with Gasteiger partial charge >= 0.3 is 6.18 Å². The highest BCUT2D eigenvalue weighted by Crippen LogP contribution is 2.30. The lowest BCUT2D eigenvalue weighted by Gasteiger charge is -2.13. The Morgan fingerprint density at radius 3 is 2.85 bits per heavy atom. The molecule has 3 rings (SSSR count). The second-order valence-corrected chi connectivity index (χ2v) is 5.03. The van der Waals surface area contributed by atoms with Gasteiger partial charge in [0.25, 0.3) is 0 Å². The van der Waals surface area contributed by atoms with E-state index in [4.69, 9.17) is 0 Å². The van der Waals surface area contributed by atoms with Crippen molar-refractivity contribution in [2.24, 2.45) is 0 Å². The van der Waals surface area contributed by atoms with Gasteiger partial charge in [0, 0.05) is 31.0 Å². The fourth-order valence-corrected chi connectivity index (χ4v) is 2.42. The summed E-state index contributed by atoms with van der Waals surface area (Å²) in [6, 6.07) is 1.22. The third kappa shape index (κ3) is 2.43. The molecule has 0 aromatic carbocycles. The van der Waals surface area contributed by atoms with E-state index in [9.17, 15) is 13.2 Å². The van der Waals surface area contributed by atoms with Crippen LogP contribution in [0.1, 0.15) is 12.1 Å². The smallest absolute Gasteiger partial charge is 0.364 e. The van der Waals surface area contributed by atoms with Gasteiger partial charge in [0.2, 0.25) is 0 Å². The molecule has 3 heterocycles. The molecular weight excluding hydrogens is 271 g/mol. The van der Waals surface area contributed by atoms with E-state index < -0.39 is 11.9 Å². The lowest BCUT2D eigenvalue weighted by atomic mass is 10.2. The van der Waals surface area contributed by atoms with Crippen molar-refractivity contribution in [1.29, 1.82) is 0 Å². The van der Waals surface area contributed by atoms with Gasteiger partial charge in [-0.3, -0.25) is 0 Å². The molecule has 2 aromatic rings. The van der Waals surface area contributed by atoms with Crippen molar-refractivity contribution < 1.29 is 13.2 Å². The summed E-state index contributed by atoms with van der Waals surface area (Å²) in [5, 5.41) is 6.73. The third-order valence-electron chi connectivity index (χ3n) is 3.41. The zero-order chi connectivity index (χ0) is 14.3. The second kappa shape index (κ2) is 4.62. The average molecular weight is 285 g/mol. The minimum Gasteiger partial charge on any atom is -0.364 e. The predicted molar refractivity (Wildman–Crippen MR) is 67.5 cm³/mol. The molecule has 1 aliphatic heterocycles. The summed E-state index contributed by atoms with van der Waals surface area (Å²) < 4.78 is 39.3. The Morgan fingerprint density at radius 2 is 2.20 bits per heavy atom. The van der Waals surface area contributed by atoms with E-state index in [1.54, 1.807) is 0 Å². The molecule has 1 fully saturated rings. The summed E-state index contributed by atoms with van der Waals surface area (Å²) in [6.07, 6.45) is -0.645. The van der Waals surface area contributed by atoms with Crippen molar-refractivity contribution in [2.75, 3.05) is 25.5 Å². The molecule has 5 nitrogen and oxygen atoms in total. The predicted octanol–water partition coefficient (Wildman–Crippen LogP) is 1.86. The van der Waals surface area contributed by atoms with Crippen LogP contribution in [0.3, 0.4) is 0 Å². The Kier molecular flexibility index (Phi) is 3.04. The van der Waals surface area contributed by atoms with Crippen molar-refractivity contribution in [3.63, 3.8) is 0 Å². The Morgan fingerprint density at radius 1 is 1.40 bits per heavy atom. The van der Waals surface area contributed by atoms with Crippen LogP contribution in [-0.4, -0.2) is 45.7 Å². The Hall–Kier alpha value is -1.83. The van der Waals surface area contributed by atoms with Gasteiger partial charge in [-0.05, 0) is 20.0 Å². The SMILES string of the molecule is CN1CCC(Nc2nccn3nc(C(F)(F)F)cc23)C1. The van der Waals surface area contributed by atoms with E-state index >= 15 is 0 Å². The van der Waals surface area contributed by atoms with Crippen LogP contribution >= 0.6 is 0 Å². The first-order valence-electron chi connectivity index (χ1n) is 6.30. The first-order valence-corrected chi connectivity index (χ1v) is 6.30. The highest BCUT2D eigenvalue weighted by atomic mass is 19.4. The largest absolute Gasteiger partial charge is 0.435 e. The van der Waals surface area contributed by atoms with Crippen molar-refractivity contribution >= 4 is 11.3 Å². The fraction of sp³-hybridized carbons (Fsp3) is 0.500. The van der Waals surface area contributed by atoms with E-state index in [0.29, 0.717) is 11.3 Å². The highest BCUT2D eigenvalue weighted by molar-refractivity contribution is 5.68. The molecule has 1 N–H and O–H groups in total. The number of nitrogens with zero attached hydrogens (tertiary/aromatic N) is 4. The van der Waals surface area contributed by atoms with Crippen LogP contribution in [0.4, 0.5) is 19.0 Å². The van der Waals surface area contributed by atoms with Gasteiger partial charge < -0.3 is 10.2 Å². The van der Waals surface area contributed by atoms with Crippen LogP contribution < -0.4 is 5.32 Å². The maximum atomic E-state index is 12.7. The molecule has 0 radical (unpaired) electrons. The quantitative estimate of drug-likeness (QED) is 0.915. The molecule has 20 heavy (non-hydrogen) atoms. The summed E-state index contributed by atoms with van der Waals surface area (Å²) in [5.41, 5.74) is -0.563. The molecule has 8 heteroatoms. The number of halogens is 3. The van der Waals surface area contributed by atoms with Crippen molar-refractivity contribution in [3.05, 3.63) is 24.2 Å². The van der Waals surface area contributed by atoms with E-state index in [1.807, 2.05) is 7.05 Å². The van der Waals surface area contributed by atoms with Crippen LogP contribution in [0.2, 0.25) is 0 Å². The van der Waals surface area contributed by atoms with Crippen molar-refractivity contribution in [1.82, 2.24) is 19.5 Å². The van der Waals surface area contributed by atoms with E-state index in [-0.39, 0.29) is 6.04 Å². The molecule has 0 saturated carbocycles. The summed E-state index contributed by atoms with van der Waals surface area (Å²) in [7, 11) is 2.01. The summed E-state index contributed by atoms with van der Waals surface area (Å²) >= 11 is 0. The Labute approximate surface area is 113 Å². The molecule has 0 spiro atoms. The number of fused-ring (bicyclic) bond motifs is 1. The number of aromatic nitrogens is 3. The number of nitrogens with one attached hydrogen (secondary N) is 1. The van der Waals surface area contributed by atoms with Crippen molar-refractivity contribution in [3.8, 4) is 0 Å². The molecule has 1 unspecified atom stereocenters. The van der Waals surface area contributed by atoms with Gasteiger partial charge in [-0.15, -0.1) is 0 Å². The molecule has 0 aliphatic carbocycles. The molecule has 0 bridgehead atoms. The maximum Gasteiger partial charge on any atom is 0.435 e. The summed E-state index contributed by atoms with van der Waals surface area (Å²) in [6.45, 7) is 1.82. The van der Waals surface area contributed by atoms with E-state index in [0.717, 1.165) is 25.6 Å². The fourth-order valence-electron chi connectivity index (χ4n) is 2.42. The molecule has 1 atom stereocenters. The van der Waals surface area contributed by atoms with Crippen molar-refractivity contribution in [2.45, 2.75) is 18.6 Å². The molecule has 0 amide bonds. The molecule has 1 aliphatic rings. The number of rotatable bonds is 2. The monoisotopic (exact) mass is 285 g/mol.